The fourth-order valence-corrected chi connectivity index (χ4v) is 2.82. The van der Waals surface area contributed by atoms with Crippen LogP contribution >= 0.6 is 0 Å². The molecule has 0 saturated carbocycles. The van der Waals surface area contributed by atoms with Gasteiger partial charge in [0, 0.05) is 12.6 Å². The molecule has 102 valence electrons. The average molecular weight is 275 g/mol. The summed E-state index contributed by atoms with van der Waals surface area (Å²) in [5, 5.41) is 8.67. The number of sulfonamides is 1. The number of hydrogen-bond donors (Lipinski definition) is 2. The third-order valence-corrected chi connectivity index (χ3v) is 4.19. The van der Waals surface area contributed by atoms with Crippen LogP contribution in [0.25, 0.3) is 0 Å². The number of nitrogens with one attached hydrogen (secondary N) is 1. The largest absolute Gasteiger partial charge is 0.396 e. The number of rotatable bonds is 6. The maximum Gasteiger partial charge on any atom is 0.240 e. The van der Waals surface area contributed by atoms with E-state index in [1.165, 1.54) is 12.1 Å². The molecule has 4 nitrogen and oxygen atoms in total. The maximum absolute atomic E-state index is 13.3. The molecule has 6 heteroatoms. The fourth-order valence-electron chi connectivity index (χ4n) is 1.53. The summed E-state index contributed by atoms with van der Waals surface area (Å²) in [4.78, 5) is -0.0820. The first-order valence-corrected chi connectivity index (χ1v) is 7.24. The highest BCUT2D eigenvalue weighted by Crippen LogP contribution is 2.14. The van der Waals surface area contributed by atoms with E-state index in [0.29, 0.717) is 18.4 Å². The zero-order valence-electron chi connectivity index (χ0n) is 10.5. The molecule has 0 aliphatic heterocycles. The number of benzene rings is 1. The molecular formula is C12H18FNO3S. The Labute approximate surface area is 107 Å². The standard InChI is InChI=1S/C12H18FNO3S/c1-9-5-6-11(8-12(9)13)18(16,17)14-10(2)4-3-7-15/h5-6,8,10,14-15H,3-4,7H2,1-2H3. The Bertz CT molecular complexity index is 502. The van der Waals surface area contributed by atoms with Crippen molar-refractivity contribution in [2.24, 2.45) is 0 Å². The van der Waals surface area contributed by atoms with Gasteiger partial charge in [0.1, 0.15) is 5.82 Å². The quantitative estimate of drug-likeness (QED) is 0.828. The van der Waals surface area contributed by atoms with Crippen molar-refractivity contribution in [2.75, 3.05) is 6.61 Å². The van der Waals surface area contributed by atoms with Crippen molar-refractivity contribution in [3.8, 4) is 0 Å². The van der Waals surface area contributed by atoms with Gasteiger partial charge in [-0.15, -0.1) is 0 Å². The number of aliphatic hydroxyl groups is 1. The molecule has 2 N–H and O–H groups in total. The van der Waals surface area contributed by atoms with Gasteiger partial charge in [0.05, 0.1) is 4.90 Å². The average Bonchev–Trinajstić information content (AvgIpc) is 2.29. The van der Waals surface area contributed by atoms with E-state index in [4.69, 9.17) is 5.11 Å². The van der Waals surface area contributed by atoms with Crippen molar-refractivity contribution in [1.29, 1.82) is 0 Å². The van der Waals surface area contributed by atoms with Crippen molar-refractivity contribution in [2.45, 2.75) is 37.6 Å². The van der Waals surface area contributed by atoms with Crippen LogP contribution in [0.1, 0.15) is 25.3 Å². The van der Waals surface area contributed by atoms with Crippen molar-refractivity contribution < 1.29 is 17.9 Å². The van der Waals surface area contributed by atoms with Crippen LogP contribution < -0.4 is 4.72 Å². The molecule has 0 heterocycles. The summed E-state index contributed by atoms with van der Waals surface area (Å²) in [7, 11) is -3.70. The first-order chi connectivity index (χ1) is 8.36. The molecule has 0 fully saturated rings. The van der Waals surface area contributed by atoms with Crippen molar-refractivity contribution in [3.05, 3.63) is 29.6 Å². The second-order valence-electron chi connectivity index (χ2n) is 4.30. The Morgan fingerprint density at radius 1 is 1.44 bits per heavy atom. The monoisotopic (exact) mass is 275 g/mol. The van der Waals surface area contributed by atoms with Gasteiger partial charge in [-0.05, 0) is 44.4 Å². The molecule has 1 rings (SSSR count). The van der Waals surface area contributed by atoms with E-state index < -0.39 is 15.8 Å². The molecule has 1 aromatic rings. The Morgan fingerprint density at radius 3 is 2.67 bits per heavy atom. The van der Waals surface area contributed by atoms with Gasteiger partial charge >= 0.3 is 0 Å². The van der Waals surface area contributed by atoms with E-state index in [9.17, 15) is 12.8 Å². The topological polar surface area (TPSA) is 66.4 Å². The van der Waals surface area contributed by atoms with E-state index in [2.05, 4.69) is 4.72 Å². The van der Waals surface area contributed by atoms with E-state index in [1.807, 2.05) is 0 Å². The van der Waals surface area contributed by atoms with Gasteiger partial charge < -0.3 is 5.11 Å². The van der Waals surface area contributed by atoms with Gasteiger partial charge in [0.15, 0.2) is 0 Å². The predicted molar refractivity (Wildman–Crippen MR) is 67.2 cm³/mol. The molecule has 1 atom stereocenters. The highest BCUT2D eigenvalue weighted by Gasteiger charge is 2.18. The Morgan fingerprint density at radius 2 is 2.11 bits per heavy atom. The predicted octanol–water partition coefficient (Wildman–Crippen LogP) is 1.57. The number of halogens is 1. The minimum absolute atomic E-state index is 0.0191. The van der Waals surface area contributed by atoms with Crippen molar-refractivity contribution in [1.82, 2.24) is 4.72 Å². The van der Waals surface area contributed by atoms with Crippen LogP contribution in [0.4, 0.5) is 4.39 Å². The normalized spacial score (nSPS) is 13.6. The number of hydrogen-bond acceptors (Lipinski definition) is 3. The lowest BCUT2D eigenvalue weighted by Gasteiger charge is -2.13. The molecular weight excluding hydrogens is 257 g/mol. The fraction of sp³-hybridized carbons (Fsp3) is 0.500. The molecule has 0 aromatic heterocycles. The molecule has 1 aromatic carbocycles. The van der Waals surface area contributed by atoms with Crippen LogP contribution in [0.3, 0.4) is 0 Å². The van der Waals surface area contributed by atoms with Crippen LogP contribution in [0.5, 0.6) is 0 Å². The first kappa shape index (κ1) is 15.1. The zero-order chi connectivity index (χ0) is 13.8. The van der Waals surface area contributed by atoms with Gasteiger partial charge in [0.2, 0.25) is 10.0 Å². The molecule has 18 heavy (non-hydrogen) atoms. The Kier molecular flexibility index (Phi) is 5.25. The summed E-state index contributed by atoms with van der Waals surface area (Å²) in [6.45, 7) is 3.30. The molecule has 0 amide bonds. The molecule has 0 bridgehead atoms. The molecule has 1 unspecified atom stereocenters. The summed E-state index contributed by atoms with van der Waals surface area (Å²) in [6.07, 6.45) is 1.05. The van der Waals surface area contributed by atoms with Gasteiger partial charge in [-0.1, -0.05) is 6.07 Å². The third-order valence-electron chi connectivity index (χ3n) is 2.61. The van der Waals surface area contributed by atoms with Crippen LogP contribution in [-0.2, 0) is 10.0 Å². The lowest BCUT2D eigenvalue weighted by atomic mass is 10.2. The summed E-state index contributed by atoms with van der Waals surface area (Å²) >= 11 is 0. The zero-order valence-corrected chi connectivity index (χ0v) is 11.3. The van der Waals surface area contributed by atoms with Gasteiger partial charge in [0.25, 0.3) is 0 Å². The second-order valence-corrected chi connectivity index (χ2v) is 6.01. The molecule has 0 aliphatic carbocycles. The van der Waals surface area contributed by atoms with Gasteiger partial charge in [-0.3, -0.25) is 0 Å². The minimum atomic E-state index is -3.70. The van der Waals surface area contributed by atoms with Crippen molar-refractivity contribution >= 4 is 10.0 Å². The molecule has 0 radical (unpaired) electrons. The van der Waals surface area contributed by atoms with Crippen LogP contribution in [0.15, 0.2) is 23.1 Å². The summed E-state index contributed by atoms with van der Waals surface area (Å²) < 4.78 is 39.6. The summed E-state index contributed by atoms with van der Waals surface area (Å²) in [5.74, 6) is -0.541. The van der Waals surface area contributed by atoms with Crippen molar-refractivity contribution in [3.63, 3.8) is 0 Å². The van der Waals surface area contributed by atoms with E-state index in [1.54, 1.807) is 13.8 Å². The summed E-state index contributed by atoms with van der Waals surface area (Å²) in [6, 6.07) is 3.52. The lowest BCUT2D eigenvalue weighted by molar-refractivity contribution is 0.279. The number of aliphatic hydroxyl groups excluding tert-OH is 1. The Balaban J connectivity index is 2.83. The van der Waals surface area contributed by atoms with Gasteiger partial charge in [-0.2, -0.15) is 0 Å². The van der Waals surface area contributed by atoms with Crippen LogP contribution in [-0.4, -0.2) is 26.2 Å². The summed E-state index contributed by atoms with van der Waals surface area (Å²) in [5.41, 5.74) is 0.405. The number of aryl methyl sites for hydroxylation is 1. The van der Waals surface area contributed by atoms with E-state index >= 15 is 0 Å². The molecule has 0 saturated heterocycles. The highest BCUT2D eigenvalue weighted by molar-refractivity contribution is 7.89. The van der Waals surface area contributed by atoms with Crippen LogP contribution in [0, 0.1) is 12.7 Å². The lowest BCUT2D eigenvalue weighted by Crippen LogP contribution is -2.32. The van der Waals surface area contributed by atoms with E-state index in [-0.39, 0.29) is 17.5 Å². The smallest absolute Gasteiger partial charge is 0.240 e. The first-order valence-electron chi connectivity index (χ1n) is 5.76. The molecule has 0 spiro atoms. The highest BCUT2D eigenvalue weighted by atomic mass is 32.2. The SMILES string of the molecule is Cc1ccc(S(=O)(=O)NC(C)CCCO)cc1F. The second kappa shape index (κ2) is 6.26. The maximum atomic E-state index is 13.3. The van der Waals surface area contributed by atoms with E-state index in [0.717, 1.165) is 6.07 Å². The van der Waals surface area contributed by atoms with Crippen LogP contribution in [0.2, 0.25) is 0 Å². The Hall–Kier alpha value is -0.980. The minimum Gasteiger partial charge on any atom is -0.396 e. The third kappa shape index (κ3) is 4.04. The molecule has 0 aliphatic rings. The van der Waals surface area contributed by atoms with Gasteiger partial charge in [-0.25, -0.2) is 17.5 Å².